The van der Waals surface area contributed by atoms with Crippen LogP contribution >= 0.6 is 0 Å². The molecule has 1 nitrogen and oxygen atoms in total. The third kappa shape index (κ3) is 0.943. The highest BCUT2D eigenvalue weighted by Crippen LogP contribution is 2.43. The van der Waals surface area contributed by atoms with Crippen LogP contribution in [0.1, 0.15) is 19.8 Å². The van der Waals surface area contributed by atoms with E-state index >= 15 is 0 Å². The second-order valence-electron chi connectivity index (χ2n) is 3.86. The number of aldehydes is 1. The van der Waals surface area contributed by atoms with Gasteiger partial charge in [-0.1, -0.05) is 19.1 Å². The van der Waals surface area contributed by atoms with Crippen LogP contribution in [0.4, 0.5) is 0 Å². The maximum Gasteiger partial charge on any atom is 0.123 e. The Bertz CT molecular complexity index is 195. The van der Waals surface area contributed by atoms with Crippen molar-refractivity contribution in [2.45, 2.75) is 19.8 Å². The van der Waals surface area contributed by atoms with Crippen molar-refractivity contribution in [3.8, 4) is 0 Å². The Morgan fingerprint density at radius 3 is 2.27 bits per heavy atom. The number of hydrogen-bond acceptors (Lipinski definition) is 1. The molecule has 0 saturated heterocycles. The van der Waals surface area contributed by atoms with Crippen molar-refractivity contribution >= 4 is 6.29 Å². The summed E-state index contributed by atoms with van der Waals surface area (Å²) in [6.07, 6.45) is 8.23. The summed E-state index contributed by atoms with van der Waals surface area (Å²) in [6.45, 7) is 2.21. The van der Waals surface area contributed by atoms with Crippen LogP contribution in [0.2, 0.25) is 0 Å². The van der Waals surface area contributed by atoms with Gasteiger partial charge in [0.1, 0.15) is 6.29 Å². The van der Waals surface area contributed by atoms with Gasteiger partial charge in [-0.3, -0.25) is 0 Å². The molecule has 4 atom stereocenters. The smallest absolute Gasteiger partial charge is 0.123 e. The molecule has 0 radical (unpaired) electrons. The van der Waals surface area contributed by atoms with Gasteiger partial charge in [0, 0.05) is 5.92 Å². The molecule has 3 aliphatic rings. The number of carbonyl (C=O) groups is 1. The van der Waals surface area contributed by atoms with Crippen LogP contribution in [0.3, 0.4) is 0 Å². The number of hydrogen-bond donors (Lipinski definition) is 0. The number of carbonyl (C=O) groups excluding carboxylic acids is 1. The van der Waals surface area contributed by atoms with Crippen LogP contribution in [0, 0.1) is 23.7 Å². The Morgan fingerprint density at radius 1 is 1.27 bits per heavy atom. The first-order valence-corrected chi connectivity index (χ1v) is 4.46. The zero-order chi connectivity index (χ0) is 7.84. The third-order valence-electron chi connectivity index (χ3n) is 3.37. The van der Waals surface area contributed by atoms with Gasteiger partial charge < -0.3 is 4.79 Å². The summed E-state index contributed by atoms with van der Waals surface area (Å²) in [7, 11) is 0. The molecular formula is C10H14O. The van der Waals surface area contributed by atoms with Crippen molar-refractivity contribution in [1.29, 1.82) is 0 Å². The van der Waals surface area contributed by atoms with Crippen molar-refractivity contribution in [3.05, 3.63) is 12.2 Å². The van der Waals surface area contributed by atoms with Gasteiger partial charge in [-0.15, -0.1) is 0 Å². The standard InChI is InChI=1S/C10H14O/c1-7-8-2-4-9(5-3-8)10(7)6-11/h2,4,6-10H,3,5H2,1H3/t7-,8+,9-,10+/m0/s1. The van der Waals surface area contributed by atoms with E-state index in [1.165, 1.54) is 12.8 Å². The summed E-state index contributed by atoms with van der Waals surface area (Å²) in [5, 5.41) is 0. The second-order valence-corrected chi connectivity index (χ2v) is 3.86. The average Bonchev–Trinajstić information content (AvgIpc) is 2.06. The van der Waals surface area contributed by atoms with Crippen LogP contribution in [0.25, 0.3) is 0 Å². The summed E-state index contributed by atoms with van der Waals surface area (Å²) < 4.78 is 0. The molecule has 1 fully saturated rings. The van der Waals surface area contributed by atoms with Gasteiger partial charge in [-0.05, 0) is 30.6 Å². The average molecular weight is 150 g/mol. The lowest BCUT2D eigenvalue weighted by Gasteiger charge is -2.40. The Kier molecular flexibility index (Phi) is 1.59. The van der Waals surface area contributed by atoms with Crippen LogP contribution in [-0.4, -0.2) is 6.29 Å². The number of allylic oxidation sites excluding steroid dienone is 2. The highest BCUT2D eigenvalue weighted by molar-refractivity contribution is 5.56. The monoisotopic (exact) mass is 150 g/mol. The van der Waals surface area contributed by atoms with Crippen LogP contribution in [0.15, 0.2) is 12.2 Å². The second kappa shape index (κ2) is 2.47. The lowest BCUT2D eigenvalue weighted by atomic mass is 9.63. The van der Waals surface area contributed by atoms with E-state index in [-0.39, 0.29) is 0 Å². The summed E-state index contributed by atoms with van der Waals surface area (Å²) in [5.74, 6) is 2.16. The van der Waals surface area contributed by atoms with Crippen LogP contribution < -0.4 is 0 Å². The molecule has 2 bridgehead atoms. The molecule has 1 heteroatoms. The summed E-state index contributed by atoms with van der Waals surface area (Å²) >= 11 is 0. The molecular weight excluding hydrogens is 136 g/mol. The Balaban J connectivity index is 2.26. The zero-order valence-corrected chi connectivity index (χ0v) is 6.86. The van der Waals surface area contributed by atoms with Gasteiger partial charge in [-0.25, -0.2) is 0 Å². The minimum absolute atomic E-state index is 0.318. The molecule has 0 N–H and O–H groups in total. The highest BCUT2D eigenvalue weighted by Gasteiger charge is 2.37. The molecule has 60 valence electrons. The molecule has 0 unspecified atom stereocenters. The molecule has 1 saturated carbocycles. The van der Waals surface area contributed by atoms with Gasteiger partial charge in [0.25, 0.3) is 0 Å². The lowest BCUT2D eigenvalue weighted by Crippen LogP contribution is -2.35. The van der Waals surface area contributed by atoms with Gasteiger partial charge in [-0.2, -0.15) is 0 Å². The van der Waals surface area contributed by atoms with E-state index in [0.29, 0.717) is 23.7 Å². The summed E-state index contributed by atoms with van der Waals surface area (Å²) in [4.78, 5) is 10.7. The largest absolute Gasteiger partial charge is 0.303 e. The topological polar surface area (TPSA) is 17.1 Å². The van der Waals surface area contributed by atoms with Gasteiger partial charge >= 0.3 is 0 Å². The van der Waals surface area contributed by atoms with E-state index < -0.39 is 0 Å². The molecule has 0 spiro atoms. The van der Waals surface area contributed by atoms with Gasteiger partial charge in [0.05, 0.1) is 0 Å². The molecule has 3 aliphatic carbocycles. The van der Waals surface area contributed by atoms with E-state index in [9.17, 15) is 4.79 Å². The molecule has 0 heterocycles. The van der Waals surface area contributed by atoms with Crippen molar-refractivity contribution in [2.24, 2.45) is 23.7 Å². The Labute approximate surface area is 67.5 Å². The number of rotatable bonds is 1. The summed E-state index contributed by atoms with van der Waals surface area (Å²) in [6, 6.07) is 0. The van der Waals surface area contributed by atoms with E-state index in [2.05, 4.69) is 19.1 Å². The SMILES string of the molecule is C[C@@H]1[C@@H](C=O)[C@H]2C=C[C@@H]1CC2. The molecule has 0 aromatic heterocycles. The van der Waals surface area contributed by atoms with E-state index in [1.807, 2.05) is 0 Å². The molecule has 11 heavy (non-hydrogen) atoms. The Hall–Kier alpha value is -0.590. The summed E-state index contributed by atoms with van der Waals surface area (Å²) in [5.41, 5.74) is 0. The van der Waals surface area contributed by atoms with Crippen LogP contribution in [0.5, 0.6) is 0 Å². The third-order valence-corrected chi connectivity index (χ3v) is 3.37. The maximum atomic E-state index is 10.7. The lowest BCUT2D eigenvalue weighted by molar-refractivity contribution is -0.115. The normalized spacial score (nSPS) is 47.7. The van der Waals surface area contributed by atoms with E-state index in [4.69, 9.17) is 0 Å². The molecule has 0 amide bonds. The van der Waals surface area contributed by atoms with E-state index in [0.717, 1.165) is 6.29 Å². The maximum absolute atomic E-state index is 10.7. The van der Waals surface area contributed by atoms with E-state index in [1.54, 1.807) is 0 Å². The first-order valence-electron chi connectivity index (χ1n) is 4.46. The first-order chi connectivity index (χ1) is 5.33. The van der Waals surface area contributed by atoms with Gasteiger partial charge in [0.2, 0.25) is 0 Å². The molecule has 0 aromatic carbocycles. The highest BCUT2D eigenvalue weighted by atomic mass is 16.1. The molecule has 0 aromatic rings. The number of fused-ring (bicyclic) bond motifs is 2. The van der Waals surface area contributed by atoms with Crippen molar-refractivity contribution in [2.75, 3.05) is 0 Å². The fraction of sp³-hybridized carbons (Fsp3) is 0.700. The fourth-order valence-electron chi connectivity index (χ4n) is 2.52. The fourth-order valence-corrected chi connectivity index (χ4v) is 2.52. The Morgan fingerprint density at radius 2 is 1.91 bits per heavy atom. The molecule has 3 rings (SSSR count). The quantitative estimate of drug-likeness (QED) is 0.413. The van der Waals surface area contributed by atoms with Crippen LogP contribution in [-0.2, 0) is 4.79 Å². The molecule has 0 aliphatic heterocycles. The van der Waals surface area contributed by atoms with Gasteiger partial charge in [0.15, 0.2) is 0 Å². The van der Waals surface area contributed by atoms with Crippen molar-refractivity contribution in [3.63, 3.8) is 0 Å². The van der Waals surface area contributed by atoms with Crippen molar-refractivity contribution < 1.29 is 4.79 Å². The predicted octanol–water partition coefficient (Wildman–Crippen LogP) is 2.03. The predicted molar refractivity (Wildman–Crippen MR) is 44.1 cm³/mol. The van der Waals surface area contributed by atoms with Crippen molar-refractivity contribution in [1.82, 2.24) is 0 Å². The zero-order valence-electron chi connectivity index (χ0n) is 6.86. The first kappa shape index (κ1) is 7.08. The minimum Gasteiger partial charge on any atom is -0.303 e. The minimum atomic E-state index is 0.318.